The maximum atomic E-state index is 13.0. The first kappa shape index (κ1) is 24.4. The van der Waals surface area contributed by atoms with E-state index in [4.69, 9.17) is 0 Å². The molecule has 1 saturated carbocycles. The molecule has 0 bridgehead atoms. The molecule has 1 aliphatic heterocycles. The number of nitrogens with zero attached hydrogens (tertiary/aromatic N) is 2. The molecule has 1 unspecified atom stereocenters. The monoisotopic (exact) mass is 465 g/mol. The van der Waals surface area contributed by atoms with Crippen molar-refractivity contribution in [3.8, 4) is 0 Å². The van der Waals surface area contributed by atoms with Gasteiger partial charge in [-0.15, -0.1) is 0 Å². The van der Waals surface area contributed by atoms with Crippen LogP contribution in [0.5, 0.6) is 0 Å². The second-order valence-electron chi connectivity index (χ2n) is 10.2. The quantitative estimate of drug-likeness (QED) is 0.526. The molecule has 0 aromatic carbocycles. The van der Waals surface area contributed by atoms with Gasteiger partial charge >= 0.3 is 6.18 Å². The van der Waals surface area contributed by atoms with Crippen LogP contribution in [0.1, 0.15) is 64.2 Å². The van der Waals surface area contributed by atoms with Crippen molar-refractivity contribution >= 4 is 5.91 Å². The Morgan fingerprint density at radius 3 is 2.45 bits per heavy atom. The minimum atomic E-state index is -4.25. The van der Waals surface area contributed by atoms with Gasteiger partial charge in [0.25, 0.3) is 0 Å². The average Bonchev–Trinajstić information content (AvgIpc) is 3.31. The zero-order valence-corrected chi connectivity index (χ0v) is 19.6. The van der Waals surface area contributed by atoms with E-state index in [9.17, 15) is 18.0 Å². The summed E-state index contributed by atoms with van der Waals surface area (Å²) in [5.41, 5.74) is 0.349. The number of carbonyl (C=O) groups is 1. The molecule has 1 heterocycles. The highest BCUT2D eigenvalue weighted by atomic mass is 19.4. The predicted molar refractivity (Wildman–Crippen MR) is 124 cm³/mol. The Balaban J connectivity index is 1.11. The number of nitrogens with one attached hydrogen (secondary N) is 1. The lowest BCUT2D eigenvalue weighted by Crippen LogP contribution is -2.46. The molecule has 0 aromatic rings. The second kappa shape index (κ2) is 11.1. The van der Waals surface area contributed by atoms with Gasteiger partial charge in [-0.05, 0) is 82.2 Å². The predicted octanol–water partition coefficient (Wildman–Crippen LogP) is 5.19. The van der Waals surface area contributed by atoms with E-state index in [-0.39, 0.29) is 5.91 Å². The maximum absolute atomic E-state index is 13.0. The van der Waals surface area contributed by atoms with Crippen LogP contribution in [0.3, 0.4) is 0 Å². The van der Waals surface area contributed by atoms with Gasteiger partial charge in [0.05, 0.1) is 5.57 Å². The SMILES string of the molecule is O=C(CC1C=CCC1)NC1CCC(CCN2CCN(C3=CC(C(F)(F)F)=CCC3)CC2)CC1. The highest BCUT2D eigenvalue weighted by Crippen LogP contribution is 2.33. The van der Waals surface area contributed by atoms with E-state index in [1.54, 1.807) is 0 Å². The van der Waals surface area contributed by atoms with E-state index in [2.05, 4.69) is 27.3 Å². The third-order valence-electron chi connectivity index (χ3n) is 7.82. The third kappa shape index (κ3) is 7.11. The topological polar surface area (TPSA) is 35.6 Å². The Hall–Kier alpha value is -1.76. The lowest BCUT2D eigenvalue weighted by Gasteiger charge is -2.39. The normalized spacial score (nSPS) is 29.1. The number of hydrogen-bond donors (Lipinski definition) is 1. The first-order valence-electron chi connectivity index (χ1n) is 12.8. The minimum absolute atomic E-state index is 0.207. The number of halogens is 3. The molecule has 0 spiro atoms. The van der Waals surface area contributed by atoms with Crippen molar-refractivity contribution in [2.45, 2.75) is 76.4 Å². The van der Waals surface area contributed by atoms with Crippen LogP contribution < -0.4 is 5.32 Å². The molecular weight excluding hydrogens is 427 g/mol. The van der Waals surface area contributed by atoms with Crippen molar-refractivity contribution in [1.82, 2.24) is 15.1 Å². The summed E-state index contributed by atoms with van der Waals surface area (Å²) in [4.78, 5) is 16.9. The summed E-state index contributed by atoms with van der Waals surface area (Å²) in [5.74, 6) is 1.35. The Bertz CT molecular complexity index is 757. The summed E-state index contributed by atoms with van der Waals surface area (Å²) in [6, 6.07) is 0.335. The van der Waals surface area contributed by atoms with Crippen LogP contribution in [0.15, 0.2) is 35.6 Å². The summed E-state index contributed by atoms with van der Waals surface area (Å²) in [7, 11) is 0. The fraction of sp³-hybridized carbons (Fsp3) is 0.731. The van der Waals surface area contributed by atoms with Crippen LogP contribution in [0.2, 0.25) is 0 Å². The molecule has 2 fully saturated rings. The van der Waals surface area contributed by atoms with Crippen molar-refractivity contribution < 1.29 is 18.0 Å². The standard InChI is InChI=1S/C26H38F3N3O/c27-26(28,29)22-6-3-7-24(19-22)32-16-14-31(15-17-32)13-12-20-8-10-23(11-9-20)30-25(33)18-21-4-1-2-5-21/h1,4,6,19-21,23H,2-3,5,7-18H2,(H,30,33). The molecule has 7 heteroatoms. The van der Waals surface area contributed by atoms with Gasteiger partial charge in [0.2, 0.25) is 5.91 Å². The molecule has 33 heavy (non-hydrogen) atoms. The molecule has 4 aliphatic rings. The first-order chi connectivity index (χ1) is 15.9. The van der Waals surface area contributed by atoms with Crippen molar-refractivity contribution in [1.29, 1.82) is 0 Å². The Kier molecular flexibility index (Phi) is 8.20. The summed E-state index contributed by atoms with van der Waals surface area (Å²) < 4.78 is 39.1. The summed E-state index contributed by atoms with van der Waals surface area (Å²) in [6.45, 7) is 4.53. The van der Waals surface area contributed by atoms with Crippen molar-refractivity contribution in [2.75, 3.05) is 32.7 Å². The number of hydrogen-bond acceptors (Lipinski definition) is 3. The molecular formula is C26H38F3N3O. The number of amides is 1. The maximum Gasteiger partial charge on any atom is 0.416 e. The number of alkyl halides is 3. The summed E-state index contributed by atoms with van der Waals surface area (Å²) in [5, 5.41) is 3.25. The smallest absolute Gasteiger partial charge is 0.372 e. The molecule has 1 saturated heterocycles. The van der Waals surface area contributed by atoms with Gasteiger partial charge in [0, 0.05) is 44.3 Å². The number of carbonyl (C=O) groups excluding carboxylic acids is 1. The molecule has 0 aromatic heterocycles. The molecule has 4 nitrogen and oxygen atoms in total. The summed E-state index contributed by atoms with van der Waals surface area (Å²) >= 11 is 0. The Morgan fingerprint density at radius 1 is 1.03 bits per heavy atom. The van der Waals surface area contributed by atoms with Crippen LogP contribution in [-0.2, 0) is 4.79 Å². The first-order valence-corrected chi connectivity index (χ1v) is 12.8. The van der Waals surface area contributed by atoms with Crippen LogP contribution in [0.4, 0.5) is 13.2 Å². The number of rotatable bonds is 7. The highest BCUT2D eigenvalue weighted by molar-refractivity contribution is 5.76. The van der Waals surface area contributed by atoms with E-state index in [0.717, 1.165) is 70.0 Å². The molecule has 1 atom stereocenters. The van der Waals surface area contributed by atoms with Gasteiger partial charge in [0.1, 0.15) is 0 Å². The lowest BCUT2D eigenvalue weighted by molar-refractivity contribution is -0.122. The molecule has 4 rings (SSSR count). The van der Waals surface area contributed by atoms with Crippen molar-refractivity contribution in [3.05, 3.63) is 35.6 Å². The zero-order valence-electron chi connectivity index (χ0n) is 19.6. The molecule has 1 amide bonds. The molecule has 1 N–H and O–H groups in total. The average molecular weight is 466 g/mol. The van der Waals surface area contributed by atoms with E-state index >= 15 is 0 Å². The van der Waals surface area contributed by atoms with Gasteiger partial charge in [-0.1, -0.05) is 18.2 Å². The van der Waals surface area contributed by atoms with E-state index < -0.39 is 11.7 Å². The van der Waals surface area contributed by atoms with E-state index in [1.807, 2.05) is 0 Å². The minimum Gasteiger partial charge on any atom is -0.372 e. The second-order valence-corrected chi connectivity index (χ2v) is 10.2. The van der Waals surface area contributed by atoms with Gasteiger partial charge in [-0.25, -0.2) is 0 Å². The molecule has 0 radical (unpaired) electrons. The highest BCUT2D eigenvalue weighted by Gasteiger charge is 2.34. The third-order valence-corrected chi connectivity index (χ3v) is 7.82. The van der Waals surface area contributed by atoms with Gasteiger partial charge < -0.3 is 10.2 Å². The lowest BCUT2D eigenvalue weighted by atomic mass is 9.84. The van der Waals surface area contributed by atoms with Crippen LogP contribution >= 0.6 is 0 Å². The van der Waals surface area contributed by atoms with E-state index in [1.165, 1.54) is 31.4 Å². The molecule has 3 aliphatic carbocycles. The largest absolute Gasteiger partial charge is 0.416 e. The van der Waals surface area contributed by atoms with Gasteiger partial charge in [-0.3, -0.25) is 9.69 Å². The fourth-order valence-corrected chi connectivity index (χ4v) is 5.74. The Labute approximate surface area is 195 Å². The Morgan fingerprint density at radius 2 is 1.79 bits per heavy atom. The number of allylic oxidation sites excluding steroid dienone is 6. The van der Waals surface area contributed by atoms with Crippen LogP contribution in [0.25, 0.3) is 0 Å². The zero-order chi connectivity index (χ0) is 23.3. The fourth-order valence-electron chi connectivity index (χ4n) is 5.74. The van der Waals surface area contributed by atoms with Crippen LogP contribution in [-0.4, -0.2) is 60.6 Å². The molecule has 184 valence electrons. The van der Waals surface area contributed by atoms with Crippen molar-refractivity contribution in [3.63, 3.8) is 0 Å². The van der Waals surface area contributed by atoms with E-state index in [0.29, 0.717) is 31.2 Å². The number of piperazine rings is 1. The van der Waals surface area contributed by atoms with Gasteiger partial charge in [0.15, 0.2) is 0 Å². The summed E-state index contributed by atoms with van der Waals surface area (Å²) in [6.07, 6.45) is 12.5. The van der Waals surface area contributed by atoms with Crippen molar-refractivity contribution in [2.24, 2.45) is 11.8 Å². The van der Waals surface area contributed by atoms with Gasteiger partial charge in [-0.2, -0.15) is 13.2 Å². The van der Waals surface area contributed by atoms with Crippen LogP contribution in [0, 0.1) is 11.8 Å².